The lowest BCUT2D eigenvalue weighted by Gasteiger charge is -2.26. The molecule has 2 rings (SSSR count). The molecule has 140 valence electrons. The molecule has 1 fully saturated rings. The van der Waals surface area contributed by atoms with Crippen LogP contribution >= 0.6 is 0 Å². The Labute approximate surface area is 150 Å². The number of sulfonamides is 1. The molecule has 7 heteroatoms. The number of hydrogen-bond donors (Lipinski definition) is 2. The number of nitrogens with zero attached hydrogens (tertiary/aromatic N) is 1. The van der Waals surface area contributed by atoms with Crippen LogP contribution in [0.1, 0.15) is 45.6 Å². The Kier molecular flexibility index (Phi) is 6.24. The summed E-state index contributed by atoms with van der Waals surface area (Å²) in [6.45, 7) is 7.12. The van der Waals surface area contributed by atoms with Crippen molar-refractivity contribution in [2.75, 3.05) is 13.1 Å². The Morgan fingerprint density at radius 1 is 1.24 bits per heavy atom. The van der Waals surface area contributed by atoms with Crippen molar-refractivity contribution in [3.8, 4) is 0 Å². The van der Waals surface area contributed by atoms with Crippen LogP contribution < -0.4 is 11.1 Å². The van der Waals surface area contributed by atoms with E-state index in [0.717, 1.165) is 24.8 Å². The first-order valence-corrected chi connectivity index (χ1v) is 10.2. The summed E-state index contributed by atoms with van der Waals surface area (Å²) in [4.78, 5) is 12.4. The average Bonchev–Trinajstić information content (AvgIpc) is 2.59. The van der Waals surface area contributed by atoms with Crippen LogP contribution in [0.25, 0.3) is 0 Å². The molecule has 0 bridgehead atoms. The van der Waals surface area contributed by atoms with Crippen molar-refractivity contribution >= 4 is 15.9 Å². The van der Waals surface area contributed by atoms with Gasteiger partial charge in [0.25, 0.3) is 0 Å². The highest BCUT2D eigenvalue weighted by Gasteiger charge is 2.28. The zero-order chi connectivity index (χ0) is 18.7. The van der Waals surface area contributed by atoms with Gasteiger partial charge in [-0.05, 0) is 36.0 Å². The van der Waals surface area contributed by atoms with Gasteiger partial charge in [0, 0.05) is 19.6 Å². The highest BCUT2D eigenvalue weighted by molar-refractivity contribution is 7.89. The molecule has 1 amide bonds. The van der Waals surface area contributed by atoms with Crippen LogP contribution in [0.3, 0.4) is 0 Å². The molecule has 1 aliphatic rings. The maximum absolute atomic E-state index is 12.7. The molecule has 25 heavy (non-hydrogen) atoms. The van der Waals surface area contributed by atoms with E-state index >= 15 is 0 Å². The van der Waals surface area contributed by atoms with Crippen molar-refractivity contribution in [3.05, 3.63) is 29.8 Å². The van der Waals surface area contributed by atoms with Crippen molar-refractivity contribution < 1.29 is 13.2 Å². The molecular weight excluding hydrogens is 338 g/mol. The highest BCUT2D eigenvalue weighted by atomic mass is 32.2. The topological polar surface area (TPSA) is 92.5 Å². The van der Waals surface area contributed by atoms with Crippen LogP contribution in [-0.4, -0.2) is 37.8 Å². The van der Waals surface area contributed by atoms with Gasteiger partial charge in [-0.1, -0.05) is 39.3 Å². The summed E-state index contributed by atoms with van der Waals surface area (Å²) in [7, 11) is -3.47. The van der Waals surface area contributed by atoms with E-state index in [0.29, 0.717) is 13.1 Å². The maximum atomic E-state index is 12.7. The van der Waals surface area contributed by atoms with Crippen molar-refractivity contribution in [2.24, 2.45) is 11.1 Å². The number of piperidine rings is 1. The second kappa shape index (κ2) is 7.85. The summed E-state index contributed by atoms with van der Waals surface area (Å²) in [6.07, 6.45) is 2.88. The number of rotatable bonds is 5. The zero-order valence-electron chi connectivity index (χ0n) is 15.3. The summed E-state index contributed by atoms with van der Waals surface area (Å²) < 4.78 is 27.0. The van der Waals surface area contributed by atoms with E-state index in [4.69, 9.17) is 5.73 Å². The van der Waals surface area contributed by atoms with E-state index in [-0.39, 0.29) is 22.8 Å². The number of carbonyl (C=O) groups is 1. The molecule has 6 nitrogen and oxygen atoms in total. The molecule has 1 saturated heterocycles. The minimum atomic E-state index is -3.47. The van der Waals surface area contributed by atoms with E-state index in [1.165, 1.54) is 0 Å². The SMILES string of the molecule is CC(C)(C)[C@H](N)C(=O)NCc1cccc(S(=O)(=O)N2CCCCC2)c1. The third-order valence-corrected chi connectivity index (χ3v) is 6.43. The Hall–Kier alpha value is -1.44. The fourth-order valence-corrected chi connectivity index (χ4v) is 4.35. The second-order valence-corrected chi connectivity index (χ2v) is 9.61. The van der Waals surface area contributed by atoms with Gasteiger partial charge in [-0.15, -0.1) is 0 Å². The first-order chi connectivity index (χ1) is 11.6. The van der Waals surface area contributed by atoms with Gasteiger partial charge >= 0.3 is 0 Å². The molecule has 1 aliphatic heterocycles. The van der Waals surface area contributed by atoms with E-state index in [9.17, 15) is 13.2 Å². The summed E-state index contributed by atoms with van der Waals surface area (Å²) in [5.74, 6) is -0.239. The zero-order valence-corrected chi connectivity index (χ0v) is 16.1. The first kappa shape index (κ1) is 19.9. The molecule has 1 atom stereocenters. The lowest BCUT2D eigenvalue weighted by atomic mass is 9.87. The monoisotopic (exact) mass is 367 g/mol. The Morgan fingerprint density at radius 3 is 2.48 bits per heavy atom. The Morgan fingerprint density at radius 2 is 1.88 bits per heavy atom. The van der Waals surface area contributed by atoms with Crippen LogP contribution in [-0.2, 0) is 21.4 Å². The van der Waals surface area contributed by atoms with Gasteiger partial charge in [-0.3, -0.25) is 4.79 Å². The van der Waals surface area contributed by atoms with Crippen LogP contribution in [0.5, 0.6) is 0 Å². The molecule has 0 saturated carbocycles. The molecule has 1 aromatic carbocycles. The number of nitrogens with one attached hydrogen (secondary N) is 1. The summed E-state index contributed by atoms with van der Waals surface area (Å²) >= 11 is 0. The van der Waals surface area contributed by atoms with Crippen LogP contribution in [0.15, 0.2) is 29.2 Å². The fraction of sp³-hybridized carbons (Fsp3) is 0.611. The minimum Gasteiger partial charge on any atom is -0.351 e. The smallest absolute Gasteiger partial charge is 0.243 e. The van der Waals surface area contributed by atoms with Crippen LogP contribution in [0.2, 0.25) is 0 Å². The predicted octanol–water partition coefficient (Wildman–Crippen LogP) is 1.85. The standard InChI is InChI=1S/C18H29N3O3S/c1-18(2,3)16(19)17(22)20-13-14-8-7-9-15(12-14)25(23,24)21-10-5-4-6-11-21/h7-9,12,16H,4-6,10-11,13,19H2,1-3H3,(H,20,22)/t16-/m1/s1. The molecule has 0 aromatic heterocycles. The lowest BCUT2D eigenvalue weighted by Crippen LogP contribution is -2.48. The molecule has 1 heterocycles. The second-order valence-electron chi connectivity index (χ2n) is 7.67. The Bertz CT molecular complexity index is 705. The summed E-state index contributed by atoms with van der Waals surface area (Å²) in [5, 5.41) is 2.79. The normalized spacial score (nSPS) is 17.9. The number of amides is 1. The Balaban J connectivity index is 2.07. The van der Waals surface area contributed by atoms with Crippen molar-refractivity contribution in [3.63, 3.8) is 0 Å². The lowest BCUT2D eigenvalue weighted by molar-refractivity contribution is -0.124. The third kappa shape index (κ3) is 5.03. The number of nitrogens with two attached hydrogens (primary N) is 1. The molecular formula is C18H29N3O3S. The third-order valence-electron chi connectivity index (χ3n) is 4.53. The summed E-state index contributed by atoms with van der Waals surface area (Å²) in [6, 6.07) is 6.14. The van der Waals surface area contributed by atoms with Gasteiger partial charge in [0.1, 0.15) is 0 Å². The van der Waals surface area contributed by atoms with Gasteiger partial charge in [0.15, 0.2) is 0 Å². The predicted molar refractivity (Wildman–Crippen MR) is 98.3 cm³/mol. The summed E-state index contributed by atoms with van der Waals surface area (Å²) in [5.41, 5.74) is 6.35. The molecule has 0 aliphatic carbocycles. The number of carbonyl (C=O) groups excluding carboxylic acids is 1. The van der Waals surface area contributed by atoms with Crippen molar-refractivity contribution in [1.29, 1.82) is 0 Å². The molecule has 3 N–H and O–H groups in total. The molecule has 0 radical (unpaired) electrons. The molecule has 0 unspecified atom stereocenters. The van der Waals surface area contributed by atoms with E-state index in [2.05, 4.69) is 5.32 Å². The van der Waals surface area contributed by atoms with Gasteiger partial charge in [0.05, 0.1) is 10.9 Å². The maximum Gasteiger partial charge on any atom is 0.243 e. The number of benzene rings is 1. The van der Waals surface area contributed by atoms with Crippen LogP contribution in [0, 0.1) is 5.41 Å². The highest BCUT2D eigenvalue weighted by Crippen LogP contribution is 2.21. The van der Waals surface area contributed by atoms with Gasteiger partial charge in [-0.25, -0.2) is 8.42 Å². The molecule has 0 spiro atoms. The van der Waals surface area contributed by atoms with E-state index in [1.54, 1.807) is 28.6 Å². The largest absolute Gasteiger partial charge is 0.351 e. The van der Waals surface area contributed by atoms with Crippen molar-refractivity contribution in [1.82, 2.24) is 9.62 Å². The van der Waals surface area contributed by atoms with Gasteiger partial charge in [-0.2, -0.15) is 4.31 Å². The molecule has 1 aromatic rings. The first-order valence-electron chi connectivity index (χ1n) is 8.75. The van der Waals surface area contributed by atoms with Gasteiger partial charge in [0.2, 0.25) is 15.9 Å². The minimum absolute atomic E-state index is 0.239. The average molecular weight is 368 g/mol. The van der Waals surface area contributed by atoms with Crippen LogP contribution in [0.4, 0.5) is 0 Å². The van der Waals surface area contributed by atoms with E-state index < -0.39 is 16.1 Å². The van der Waals surface area contributed by atoms with E-state index in [1.807, 2.05) is 20.8 Å². The fourth-order valence-electron chi connectivity index (χ4n) is 2.76. The van der Waals surface area contributed by atoms with Gasteiger partial charge < -0.3 is 11.1 Å². The van der Waals surface area contributed by atoms with Crippen molar-refractivity contribution in [2.45, 2.75) is 57.5 Å². The quantitative estimate of drug-likeness (QED) is 0.831. The number of hydrogen-bond acceptors (Lipinski definition) is 4.